The summed E-state index contributed by atoms with van der Waals surface area (Å²) in [6.07, 6.45) is 6.90. The Labute approximate surface area is 124 Å². The Hall–Kier alpha value is -0.160. The monoisotopic (exact) mass is 280 g/mol. The smallest absolute Gasteiger partial charge is 0.0258 e. The van der Waals surface area contributed by atoms with Crippen molar-refractivity contribution in [1.29, 1.82) is 0 Å². The molecule has 20 heavy (non-hydrogen) atoms. The van der Waals surface area contributed by atoms with E-state index in [1.165, 1.54) is 64.8 Å². The fourth-order valence-corrected chi connectivity index (χ4v) is 4.53. The normalized spacial score (nSPS) is 41.7. The summed E-state index contributed by atoms with van der Waals surface area (Å²) in [5.41, 5.74) is 0. The Morgan fingerprint density at radius 3 is 2.50 bits per heavy atom. The van der Waals surface area contributed by atoms with E-state index in [1.807, 2.05) is 0 Å². The van der Waals surface area contributed by atoms with Gasteiger partial charge in [0, 0.05) is 24.7 Å². The third kappa shape index (κ3) is 3.35. The van der Waals surface area contributed by atoms with Crippen LogP contribution in [0, 0.1) is 5.92 Å². The molecule has 0 amide bonds. The van der Waals surface area contributed by atoms with Gasteiger partial charge in [0.05, 0.1) is 0 Å². The topological polar surface area (TPSA) is 30.5 Å². The van der Waals surface area contributed by atoms with E-state index >= 15 is 0 Å². The summed E-state index contributed by atoms with van der Waals surface area (Å²) >= 11 is 0. The van der Waals surface area contributed by atoms with E-state index in [4.69, 9.17) is 0 Å². The molecule has 4 heteroatoms. The molecule has 0 radical (unpaired) electrons. The molecule has 4 heterocycles. The second-order valence-electron chi connectivity index (χ2n) is 7.20. The summed E-state index contributed by atoms with van der Waals surface area (Å²) in [6.45, 7) is 6.40. The minimum atomic E-state index is 0.818. The van der Waals surface area contributed by atoms with Gasteiger partial charge in [0.15, 0.2) is 0 Å². The zero-order valence-corrected chi connectivity index (χ0v) is 13.3. The van der Waals surface area contributed by atoms with Gasteiger partial charge < -0.3 is 20.4 Å². The predicted octanol–water partition coefficient (Wildman–Crippen LogP) is 0.743. The van der Waals surface area contributed by atoms with Gasteiger partial charge in [-0.2, -0.15) is 0 Å². The standard InChI is InChI=1S/2C8H16N2/c1-10-5-3-8-7(6-10)2-4-9-8;1-10-6-2-3-7-8(10)4-5-9-7/h2*7-9H,2-6H2,1H3. The maximum atomic E-state index is 3.55. The van der Waals surface area contributed by atoms with Crippen LogP contribution in [-0.2, 0) is 0 Å². The quantitative estimate of drug-likeness (QED) is 0.685. The molecule has 4 fully saturated rings. The Kier molecular flexibility index (Phi) is 4.97. The van der Waals surface area contributed by atoms with Gasteiger partial charge in [-0.25, -0.2) is 0 Å². The maximum absolute atomic E-state index is 3.55. The van der Waals surface area contributed by atoms with E-state index in [0.29, 0.717) is 0 Å². The molecule has 4 nitrogen and oxygen atoms in total. The summed E-state index contributed by atoms with van der Waals surface area (Å²) in [6, 6.07) is 2.53. The van der Waals surface area contributed by atoms with Crippen LogP contribution in [0.2, 0.25) is 0 Å². The van der Waals surface area contributed by atoms with E-state index < -0.39 is 0 Å². The first-order valence-corrected chi connectivity index (χ1v) is 8.59. The van der Waals surface area contributed by atoms with Gasteiger partial charge in [0.1, 0.15) is 0 Å². The van der Waals surface area contributed by atoms with Gasteiger partial charge in [-0.3, -0.25) is 0 Å². The van der Waals surface area contributed by atoms with Gasteiger partial charge in [0.2, 0.25) is 0 Å². The molecule has 0 aromatic carbocycles. The van der Waals surface area contributed by atoms with Crippen LogP contribution in [0.3, 0.4) is 0 Å². The van der Waals surface area contributed by atoms with Crippen LogP contribution in [0.15, 0.2) is 0 Å². The van der Waals surface area contributed by atoms with Crippen LogP contribution in [0.4, 0.5) is 0 Å². The van der Waals surface area contributed by atoms with Crippen molar-refractivity contribution in [3.8, 4) is 0 Å². The van der Waals surface area contributed by atoms with Crippen LogP contribution >= 0.6 is 0 Å². The van der Waals surface area contributed by atoms with Crippen molar-refractivity contribution < 1.29 is 0 Å². The number of nitrogens with zero attached hydrogens (tertiary/aromatic N) is 2. The Bertz CT molecular complexity index is 309. The molecule has 0 aromatic rings. The van der Waals surface area contributed by atoms with Gasteiger partial charge in [-0.1, -0.05) is 0 Å². The number of piperidine rings is 2. The Morgan fingerprint density at radius 1 is 0.850 bits per heavy atom. The number of fused-ring (bicyclic) bond motifs is 2. The van der Waals surface area contributed by atoms with Gasteiger partial charge >= 0.3 is 0 Å². The SMILES string of the molecule is CN1CCC2NCCC2C1.CN1CCCC2NCCC21. The number of hydrogen-bond donors (Lipinski definition) is 2. The zero-order valence-electron chi connectivity index (χ0n) is 13.3. The number of rotatable bonds is 0. The number of likely N-dealkylation sites (tertiary alicyclic amines) is 2. The third-order valence-electron chi connectivity index (χ3n) is 5.76. The Balaban J connectivity index is 0.000000121. The lowest BCUT2D eigenvalue weighted by molar-refractivity contribution is 0.173. The molecule has 2 N–H and O–H groups in total. The number of likely N-dealkylation sites (N-methyl/N-ethyl adjacent to an activating group) is 1. The Morgan fingerprint density at radius 2 is 1.65 bits per heavy atom. The summed E-state index contributed by atoms with van der Waals surface area (Å²) in [5.74, 6) is 0.957. The van der Waals surface area contributed by atoms with Crippen LogP contribution in [0.5, 0.6) is 0 Å². The molecule has 4 saturated heterocycles. The van der Waals surface area contributed by atoms with Crippen LogP contribution in [-0.4, -0.2) is 74.7 Å². The van der Waals surface area contributed by atoms with Crippen molar-refractivity contribution in [2.75, 3.05) is 46.8 Å². The molecule has 0 aliphatic carbocycles. The van der Waals surface area contributed by atoms with E-state index in [2.05, 4.69) is 34.5 Å². The first-order chi connectivity index (χ1) is 9.74. The van der Waals surface area contributed by atoms with Crippen molar-refractivity contribution in [1.82, 2.24) is 20.4 Å². The minimum absolute atomic E-state index is 0.818. The first kappa shape index (κ1) is 14.8. The number of nitrogens with one attached hydrogen (secondary N) is 2. The summed E-state index contributed by atoms with van der Waals surface area (Å²) in [4.78, 5) is 4.96. The van der Waals surface area contributed by atoms with Crippen molar-refractivity contribution in [2.45, 2.75) is 50.2 Å². The highest BCUT2D eigenvalue weighted by Crippen LogP contribution is 2.23. The van der Waals surface area contributed by atoms with Crippen LogP contribution < -0.4 is 10.6 Å². The molecule has 0 spiro atoms. The maximum Gasteiger partial charge on any atom is 0.0258 e. The highest BCUT2D eigenvalue weighted by Gasteiger charge is 2.32. The molecule has 4 unspecified atom stereocenters. The van der Waals surface area contributed by atoms with E-state index in [9.17, 15) is 0 Å². The second kappa shape index (κ2) is 6.73. The van der Waals surface area contributed by atoms with Gasteiger partial charge in [0.25, 0.3) is 0 Å². The van der Waals surface area contributed by atoms with Crippen molar-refractivity contribution >= 4 is 0 Å². The lowest BCUT2D eigenvalue weighted by atomic mass is 9.94. The van der Waals surface area contributed by atoms with E-state index in [0.717, 1.165) is 24.0 Å². The van der Waals surface area contributed by atoms with Gasteiger partial charge in [-0.15, -0.1) is 0 Å². The van der Waals surface area contributed by atoms with Crippen LogP contribution in [0.1, 0.15) is 32.1 Å². The highest BCUT2D eigenvalue weighted by molar-refractivity contribution is 4.92. The average Bonchev–Trinajstić information content (AvgIpc) is 3.07. The lowest BCUT2D eigenvalue weighted by Crippen LogP contribution is -2.46. The zero-order chi connectivity index (χ0) is 13.9. The summed E-state index contributed by atoms with van der Waals surface area (Å²) in [7, 11) is 4.48. The summed E-state index contributed by atoms with van der Waals surface area (Å²) in [5, 5.41) is 7.10. The molecule has 0 bridgehead atoms. The fourth-order valence-electron chi connectivity index (χ4n) is 4.53. The van der Waals surface area contributed by atoms with Crippen molar-refractivity contribution in [3.63, 3.8) is 0 Å². The molecule has 0 aromatic heterocycles. The molecular weight excluding hydrogens is 248 g/mol. The molecule has 4 atom stereocenters. The van der Waals surface area contributed by atoms with E-state index in [1.54, 1.807) is 0 Å². The molecular formula is C16H32N4. The van der Waals surface area contributed by atoms with Crippen molar-refractivity contribution in [2.24, 2.45) is 5.92 Å². The fraction of sp³-hybridized carbons (Fsp3) is 1.00. The van der Waals surface area contributed by atoms with Crippen molar-refractivity contribution in [3.05, 3.63) is 0 Å². The predicted molar refractivity (Wildman–Crippen MR) is 84.1 cm³/mol. The molecule has 4 rings (SSSR count). The van der Waals surface area contributed by atoms with E-state index in [-0.39, 0.29) is 0 Å². The highest BCUT2D eigenvalue weighted by atomic mass is 15.2. The summed E-state index contributed by atoms with van der Waals surface area (Å²) < 4.78 is 0. The molecule has 116 valence electrons. The minimum Gasteiger partial charge on any atom is -0.314 e. The second-order valence-corrected chi connectivity index (χ2v) is 7.20. The number of hydrogen-bond acceptors (Lipinski definition) is 4. The largest absolute Gasteiger partial charge is 0.314 e. The molecule has 4 aliphatic rings. The third-order valence-corrected chi connectivity index (χ3v) is 5.76. The molecule has 0 saturated carbocycles. The lowest BCUT2D eigenvalue weighted by Gasteiger charge is -2.34. The molecule has 4 aliphatic heterocycles. The van der Waals surface area contributed by atoms with Crippen LogP contribution in [0.25, 0.3) is 0 Å². The average molecular weight is 280 g/mol. The van der Waals surface area contributed by atoms with Gasteiger partial charge in [-0.05, 0) is 78.3 Å². The first-order valence-electron chi connectivity index (χ1n) is 8.59.